The maximum atomic E-state index is 10.7. The summed E-state index contributed by atoms with van der Waals surface area (Å²) in [5.41, 5.74) is 0. The van der Waals surface area contributed by atoms with Crippen molar-refractivity contribution in [2.24, 2.45) is 0 Å². The zero-order valence-corrected chi connectivity index (χ0v) is 10.9. The Bertz CT molecular complexity index is 186. The molecule has 0 spiro atoms. The Morgan fingerprint density at radius 1 is 1.21 bits per heavy atom. The molecular formula is C8H16O5Si. The van der Waals surface area contributed by atoms with Crippen molar-refractivity contribution in [1.82, 2.24) is 0 Å². The minimum Gasteiger partial charge on any atom is -0.422 e. The molecule has 82 valence electrons. The van der Waals surface area contributed by atoms with Crippen LogP contribution in [0.5, 0.6) is 0 Å². The van der Waals surface area contributed by atoms with Crippen molar-refractivity contribution >= 4 is 22.4 Å². The molecule has 1 unspecified atom stereocenters. The molecule has 0 aliphatic rings. The van der Waals surface area contributed by atoms with Crippen molar-refractivity contribution in [3.8, 4) is 0 Å². The monoisotopic (exact) mass is 220 g/mol. The third-order valence-electron chi connectivity index (χ3n) is 1.57. The molecular weight excluding hydrogens is 204 g/mol. The number of rotatable bonds is 5. The molecule has 0 radical (unpaired) electrons. The number of hydrogen-bond donors (Lipinski definition) is 0. The van der Waals surface area contributed by atoms with E-state index in [4.69, 9.17) is 13.9 Å². The standard InChI is InChI=1S/C8H16O5Si/c1-4-7(13-14)8(11-5(2)9)12-6(3)10/h7-8H,4H2,1-3,14H3. The van der Waals surface area contributed by atoms with Crippen LogP contribution in [0.1, 0.15) is 27.2 Å². The molecule has 14 heavy (non-hydrogen) atoms. The SMILES string of the molecule is CCC(O[SiH3])C(OC(C)=O)OC(C)=O. The fraction of sp³-hybridized carbons (Fsp3) is 0.750. The molecule has 0 aliphatic carbocycles. The van der Waals surface area contributed by atoms with Crippen molar-refractivity contribution in [1.29, 1.82) is 0 Å². The van der Waals surface area contributed by atoms with Crippen LogP contribution in [0.3, 0.4) is 0 Å². The van der Waals surface area contributed by atoms with Crippen LogP contribution >= 0.6 is 0 Å². The predicted octanol–water partition coefficient (Wildman–Crippen LogP) is -0.486. The summed E-state index contributed by atoms with van der Waals surface area (Å²) in [7, 11) is 0.498. The maximum absolute atomic E-state index is 10.7. The lowest BCUT2D eigenvalue weighted by molar-refractivity contribution is -0.200. The molecule has 5 nitrogen and oxygen atoms in total. The molecule has 1 atom stereocenters. The van der Waals surface area contributed by atoms with Crippen LogP contribution in [0.25, 0.3) is 0 Å². The van der Waals surface area contributed by atoms with E-state index in [1.165, 1.54) is 13.8 Å². The van der Waals surface area contributed by atoms with Gasteiger partial charge in [-0.15, -0.1) is 0 Å². The van der Waals surface area contributed by atoms with Gasteiger partial charge in [-0.2, -0.15) is 0 Å². The number of ether oxygens (including phenoxy) is 2. The van der Waals surface area contributed by atoms with Gasteiger partial charge in [0.15, 0.2) is 0 Å². The molecule has 0 aromatic rings. The van der Waals surface area contributed by atoms with Gasteiger partial charge in [-0.3, -0.25) is 9.59 Å². The molecule has 0 bridgehead atoms. The van der Waals surface area contributed by atoms with Crippen molar-refractivity contribution in [2.45, 2.75) is 39.6 Å². The number of hydrogen-bond acceptors (Lipinski definition) is 5. The molecule has 6 heteroatoms. The van der Waals surface area contributed by atoms with Gasteiger partial charge < -0.3 is 13.9 Å². The van der Waals surface area contributed by atoms with Gasteiger partial charge in [0.05, 0.1) is 0 Å². The quantitative estimate of drug-likeness (QED) is 0.355. The van der Waals surface area contributed by atoms with Gasteiger partial charge in [0, 0.05) is 13.8 Å². The first-order valence-corrected chi connectivity index (χ1v) is 5.20. The topological polar surface area (TPSA) is 61.8 Å². The molecule has 0 N–H and O–H groups in total. The first-order valence-electron chi connectivity index (χ1n) is 4.38. The van der Waals surface area contributed by atoms with E-state index < -0.39 is 18.2 Å². The highest BCUT2D eigenvalue weighted by Crippen LogP contribution is 2.09. The van der Waals surface area contributed by atoms with Crippen LogP contribution in [0.2, 0.25) is 0 Å². The van der Waals surface area contributed by atoms with Crippen LogP contribution in [0.15, 0.2) is 0 Å². The normalized spacial score (nSPS) is 12.6. The minimum atomic E-state index is -0.924. The van der Waals surface area contributed by atoms with E-state index in [0.29, 0.717) is 16.9 Å². The van der Waals surface area contributed by atoms with Crippen LogP contribution in [-0.4, -0.2) is 34.8 Å². The second-order valence-electron chi connectivity index (χ2n) is 2.77. The third-order valence-corrected chi connectivity index (χ3v) is 2.18. The average Bonchev–Trinajstić information content (AvgIpc) is 2.03. The Kier molecular flexibility index (Phi) is 6.14. The average molecular weight is 220 g/mol. The zero-order valence-electron chi connectivity index (χ0n) is 8.90. The second kappa shape index (κ2) is 6.55. The molecule has 0 aromatic heterocycles. The van der Waals surface area contributed by atoms with E-state index in [9.17, 15) is 9.59 Å². The summed E-state index contributed by atoms with van der Waals surface area (Å²) in [6, 6.07) is 0. The van der Waals surface area contributed by atoms with E-state index in [0.717, 1.165) is 0 Å². The Labute approximate surface area is 86.3 Å². The number of esters is 2. The number of carbonyl (C=O) groups is 2. The molecule has 0 fully saturated rings. The highest BCUT2D eigenvalue weighted by Gasteiger charge is 2.24. The summed E-state index contributed by atoms with van der Waals surface area (Å²) >= 11 is 0. The largest absolute Gasteiger partial charge is 0.422 e. The predicted molar refractivity (Wildman–Crippen MR) is 52.4 cm³/mol. The van der Waals surface area contributed by atoms with E-state index in [1.54, 1.807) is 0 Å². The first kappa shape index (κ1) is 13.1. The first-order chi connectivity index (χ1) is 6.51. The third kappa shape index (κ3) is 4.98. The van der Waals surface area contributed by atoms with Gasteiger partial charge in [-0.1, -0.05) is 6.92 Å². The Morgan fingerprint density at radius 2 is 1.64 bits per heavy atom. The lowest BCUT2D eigenvalue weighted by Gasteiger charge is -2.23. The second-order valence-corrected chi connectivity index (χ2v) is 3.24. The van der Waals surface area contributed by atoms with E-state index in [2.05, 4.69) is 0 Å². The minimum absolute atomic E-state index is 0.366. The van der Waals surface area contributed by atoms with Crippen LogP contribution < -0.4 is 0 Å². The summed E-state index contributed by atoms with van der Waals surface area (Å²) in [6.45, 7) is 4.38. The lowest BCUT2D eigenvalue weighted by Crippen LogP contribution is -2.35. The molecule has 0 saturated carbocycles. The summed E-state index contributed by atoms with van der Waals surface area (Å²) in [4.78, 5) is 21.4. The fourth-order valence-electron chi connectivity index (χ4n) is 0.973. The molecule has 0 aliphatic heterocycles. The van der Waals surface area contributed by atoms with Crippen molar-refractivity contribution in [3.05, 3.63) is 0 Å². The summed E-state index contributed by atoms with van der Waals surface area (Å²) in [6.07, 6.45) is -0.670. The highest BCUT2D eigenvalue weighted by atomic mass is 28.2. The molecule has 0 rings (SSSR count). The van der Waals surface area contributed by atoms with Gasteiger partial charge in [-0.25, -0.2) is 0 Å². The Hall–Kier alpha value is -0.883. The van der Waals surface area contributed by atoms with Gasteiger partial charge in [0.25, 0.3) is 6.29 Å². The van der Waals surface area contributed by atoms with E-state index >= 15 is 0 Å². The maximum Gasteiger partial charge on any atom is 0.305 e. The van der Waals surface area contributed by atoms with Gasteiger partial charge in [0.1, 0.15) is 16.6 Å². The zero-order chi connectivity index (χ0) is 11.1. The Balaban J connectivity index is 4.35. The van der Waals surface area contributed by atoms with E-state index in [-0.39, 0.29) is 6.10 Å². The molecule has 0 heterocycles. The molecule has 0 amide bonds. The fourth-order valence-corrected chi connectivity index (χ4v) is 1.53. The summed E-state index contributed by atoms with van der Waals surface area (Å²) in [5.74, 6) is -0.984. The number of carbonyl (C=O) groups excluding carboxylic acids is 2. The van der Waals surface area contributed by atoms with Crippen molar-refractivity contribution in [3.63, 3.8) is 0 Å². The van der Waals surface area contributed by atoms with E-state index in [1.807, 2.05) is 6.92 Å². The molecule has 0 aromatic carbocycles. The van der Waals surface area contributed by atoms with Gasteiger partial charge in [0.2, 0.25) is 0 Å². The lowest BCUT2D eigenvalue weighted by atomic mass is 10.3. The van der Waals surface area contributed by atoms with Gasteiger partial charge >= 0.3 is 11.9 Å². The summed E-state index contributed by atoms with van der Waals surface area (Å²) < 4.78 is 14.8. The smallest absolute Gasteiger partial charge is 0.305 e. The van der Waals surface area contributed by atoms with Crippen LogP contribution in [0.4, 0.5) is 0 Å². The van der Waals surface area contributed by atoms with Crippen LogP contribution in [-0.2, 0) is 23.5 Å². The van der Waals surface area contributed by atoms with Crippen molar-refractivity contribution in [2.75, 3.05) is 0 Å². The molecule has 0 saturated heterocycles. The summed E-state index contributed by atoms with van der Waals surface area (Å²) in [5, 5.41) is 0. The van der Waals surface area contributed by atoms with Crippen molar-refractivity contribution < 1.29 is 23.5 Å². The van der Waals surface area contributed by atoms with Crippen LogP contribution in [0, 0.1) is 0 Å². The van der Waals surface area contributed by atoms with Gasteiger partial charge in [-0.05, 0) is 6.42 Å². The Morgan fingerprint density at radius 3 is 1.86 bits per heavy atom. The highest BCUT2D eigenvalue weighted by molar-refractivity contribution is 5.98.